The smallest absolute Gasteiger partial charge is 0.160 e. The fourth-order valence-electron chi connectivity index (χ4n) is 9.85. The molecular formula is C58H37N3. The molecule has 0 bridgehead atoms. The molecule has 1 aliphatic carbocycles. The molecule has 3 nitrogen and oxygen atoms in total. The molecule has 11 aromatic rings. The molecular weight excluding hydrogens is 739 g/mol. The standard InChI is InChI=1S/C58H37N3/c1-4-16-38(17-5-1)39-28-30-40(31-29-39)55-47-24-12-15-27-52(47)60-57(61-55)42-34-32-41(33-35-42)56-48-36-37-50-54(53(48)46-23-11-14-26-51(46)59-56)45-22-10-13-25-49(45)58(50,43-18-6-2-7-19-43)44-20-8-3-9-21-44/h1-37H. The molecule has 12 rings (SSSR count). The largest absolute Gasteiger partial charge is 0.247 e. The van der Waals surface area contributed by atoms with Gasteiger partial charge in [-0.3, -0.25) is 0 Å². The maximum Gasteiger partial charge on any atom is 0.160 e. The Morgan fingerprint density at radius 3 is 1.46 bits per heavy atom. The third-order valence-corrected chi connectivity index (χ3v) is 12.6. The highest BCUT2D eigenvalue weighted by molar-refractivity contribution is 6.19. The molecule has 0 saturated carbocycles. The molecule has 0 aliphatic heterocycles. The number of para-hydroxylation sites is 2. The van der Waals surface area contributed by atoms with Gasteiger partial charge in [0.1, 0.15) is 0 Å². The van der Waals surface area contributed by atoms with Crippen molar-refractivity contribution >= 4 is 32.6 Å². The van der Waals surface area contributed by atoms with E-state index in [1.54, 1.807) is 0 Å². The molecule has 1 aliphatic rings. The van der Waals surface area contributed by atoms with Crippen molar-refractivity contribution in [3.05, 3.63) is 247 Å². The Hall–Kier alpha value is -8.01. The van der Waals surface area contributed by atoms with Crippen molar-refractivity contribution < 1.29 is 0 Å². The first kappa shape index (κ1) is 35.0. The predicted octanol–water partition coefficient (Wildman–Crippen LogP) is 14.4. The minimum absolute atomic E-state index is 0.489. The second kappa shape index (κ2) is 14.1. The maximum absolute atomic E-state index is 5.40. The Labute approximate surface area is 354 Å². The van der Waals surface area contributed by atoms with Crippen molar-refractivity contribution in [1.82, 2.24) is 15.0 Å². The Bertz CT molecular complexity index is 3390. The van der Waals surface area contributed by atoms with Gasteiger partial charge in [0, 0.05) is 38.2 Å². The molecule has 0 radical (unpaired) electrons. The van der Waals surface area contributed by atoms with Crippen LogP contribution in [0.4, 0.5) is 0 Å². The van der Waals surface area contributed by atoms with E-state index in [0.717, 1.165) is 55.3 Å². The molecule has 0 saturated heterocycles. The molecule has 284 valence electrons. The molecule has 0 N–H and O–H groups in total. The number of benzene rings is 9. The van der Waals surface area contributed by atoms with E-state index in [2.05, 4.69) is 212 Å². The van der Waals surface area contributed by atoms with E-state index in [-0.39, 0.29) is 0 Å². The molecule has 2 aromatic heterocycles. The second-order valence-corrected chi connectivity index (χ2v) is 15.8. The summed E-state index contributed by atoms with van der Waals surface area (Å²) in [5, 5.41) is 4.53. The van der Waals surface area contributed by atoms with Gasteiger partial charge in [-0.15, -0.1) is 0 Å². The summed E-state index contributed by atoms with van der Waals surface area (Å²) in [4.78, 5) is 15.7. The summed E-state index contributed by atoms with van der Waals surface area (Å²) in [5.41, 5.74) is 16.3. The summed E-state index contributed by atoms with van der Waals surface area (Å²) in [6, 6.07) is 80.3. The predicted molar refractivity (Wildman–Crippen MR) is 251 cm³/mol. The van der Waals surface area contributed by atoms with Crippen molar-refractivity contribution in [2.75, 3.05) is 0 Å². The number of hydrogen-bond acceptors (Lipinski definition) is 3. The summed E-state index contributed by atoms with van der Waals surface area (Å²) in [5.74, 6) is 0.691. The van der Waals surface area contributed by atoms with E-state index in [9.17, 15) is 0 Å². The van der Waals surface area contributed by atoms with Crippen LogP contribution in [0.2, 0.25) is 0 Å². The monoisotopic (exact) mass is 775 g/mol. The van der Waals surface area contributed by atoms with E-state index in [1.165, 1.54) is 49.9 Å². The SMILES string of the molecule is c1ccc(-c2ccc(-c3nc(-c4ccc(-c5nc6ccccc6c6c7c(ccc56)C(c5ccccc5)(c5ccccc5)c5ccccc5-7)cc4)nc4ccccc34)cc2)cc1. The second-order valence-electron chi connectivity index (χ2n) is 15.8. The van der Waals surface area contributed by atoms with Gasteiger partial charge in [0.05, 0.1) is 27.8 Å². The number of fused-ring (bicyclic) bond motifs is 8. The summed E-state index contributed by atoms with van der Waals surface area (Å²) >= 11 is 0. The van der Waals surface area contributed by atoms with Crippen LogP contribution in [-0.4, -0.2) is 15.0 Å². The van der Waals surface area contributed by atoms with Crippen molar-refractivity contribution in [1.29, 1.82) is 0 Å². The zero-order valence-electron chi connectivity index (χ0n) is 33.2. The molecule has 9 aromatic carbocycles. The first-order valence-electron chi connectivity index (χ1n) is 20.9. The molecule has 0 fully saturated rings. The van der Waals surface area contributed by atoms with Gasteiger partial charge in [-0.1, -0.05) is 212 Å². The van der Waals surface area contributed by atoms with Crippen LogP contribution < -0.4 is 0 Å². The van der Waals surface area contributed by atoms with Crippen molar-refractivity contribution in [2.45, 2.75) is 5.41 Å². The van der Waals surface area contributed by atoms with Crippen molar-refractivity contribution in [3.8, 4) is 56.2 Å². The van der Waals surface area contributed by atoms with Crippen molar-refractivity contribution in [2.24, 2.45) is 0 Å². The highest BCUT2D eigenvalue weighted by Crippen LogP contribution is 2.58. The topological polar surface area (TPSA) is 38.7 Å². The Morgan fingerprint density at radius 1 is 0.295 bits per heavy atom. The van der Waals surface area contributed by atoms with E-state index in [1.807, 2.05) is 12.1 Å². The minimum atomic E-state index is -0.489. The van der Waals surface area contributed by atoms with Gasteiger partial charge in [0.25, 0.3) is 0 Å². The average molecular weight is 776 g/mol. The summed E-state index contributed by atoms with van der Waals surface area (Å²) < 4.78 is 0. The van der Waals surface area contributed by atoms with E-state index < -0.39 is 5.41 Å². The average Bonchev–Trinajstić information content (AvgIpc) is 3.65. The quantitative estimate of drug-likeness (QED) is 0.158. The van der Waals surface area contributed by atoms with Gasteiger partial charge >= 0.3 is 0 Å². The number of hydrogen-bond donors (Lipinski definition) is 0. The van der Waals surface area contributed by atoms with Crippen LogP contribution >= 0.6 is 0 Å². The molecule has 0 spiro atoms. The normalized spacial score (nSPS) is 12.7. The number of rotatable bonds is 6. The highest BCUT2D eigenvalue weighted by atomic mass is 14.9. The van der Waals surface area contributed by atoms with Crippen LogP contribution in [0, 0.1) is 0 Å². The van der Waals surface area contributed by atoms with Crippen LogP contribution in [0.5, 0.6) is 0 Å². The van der Waals surface area contributed by atoms with Crippen LogP contribution in [-0.2, 0) is 5.41 Å². The van der Waals surface area contributed by atoms with Crippen LogP contribution in [0.25, 0.3) is 88.7 Å². The van der Waals surface area contributed by atoms with Crippen LogP contribution in [0.1, 0.15) is 22.3 Å². The number of aromatic nitrogens is 3. The molecule has 0 atom stereocenters. The zero-order valence-corrected chi connectivity index (χ0v) is 33.2. The summed E-state index contributed by atoms with van der Waals surface area (Å²) in [6.45, 7) is 0. The zero-order chi connectivity index (χ0) is 40.3. The molecule has 0 amide bonds. The van der Waals surface area contributed by atoms with Gasteiger partial charge in [-0.25, -0.2) is 15.0 Å². The fraction of sp³-hybridized carbons (Fsp3) is 0.0172. The number of pyridine rings is 1. The van der Waals surface area contributed by atoms with E-state index >= 15 is 0 Å². The lowest BCUT2D eigenvalue weighted by molar-refractivity contribution is 0.769. The fourth-order valence-corrected chi connectivity index (χ4v) is 9.85. The summed E-state index contributed by atoms with van der Waals surface area (Å²) in [7, 11) is 0. The third-order valence-electron chi connectivity index (χ3n) is 12.6. The van der Waals surface area contributed by atoms with Crippen LogP contribution in [0.3, 0.4) is 0 Å². The Morgan fingerprint density at radius 2 is 0.787 bits per heavy atom. The molecule has 3 heteroatoms. The van der Waals surface area contributed by atoms with Gasteiger partial charge in [0.2, 0.25) is 0 Å². The minimum Gasteiger partial charge on any atom is -0.247 e. The molecule has 2 heterocycles. The lowest BCUT2D eigenvalue weighted by atomic mass is 9.67. The lowest BCUT2D eigenvalue weighted by Gasteiger charge is -2.34. The molecule has 61 heavy (non-hydrogen) atoms. The van der Waals surface area contributed by atoms with E-state index in [0.29, 0.717) is 5.82 Å². The van der Waals surface area contributed by atoms with Crippen molar-refractivity contribution in [3.63, 3.8) is 0 Å². The van der Waals surface area contributed by atoms with E-state index in [4.69, 9.17) is 15.0 Å². The molecule has 0 unspecified atom stereocenters. The third kappa shape index (κ3) is 5.48. The van der Waals surface area contributed by atoms with Gasteiger partial charge < -0.3 is 0 Å². The van der Waals surface area contributed by atoms with Crippen LogP contribution in [0.15, 0.2) is 224 Å². The van der Waals surface area contributed by atoms with Gasteiger partial charge in [0.15, 0.2) is 5.82 Å². The highest BCUT2D eigenvalue weighted by Gasteiger charge is 2.46. The van der Waals surface area contributed by atoms with Gasteiger partial charge in [-0.2, -0.15) is 0 Å². The first-order valence-corrected chi connectivity index (χ1v) is 20.9. The first-order chi connectivity index (χ1) is 30.3. The Kier molecular flexibility index (Phi) is 8.07. The summed E-state index contributed by atoms with van der Waals surface area (Å²) in [6.07, 6.45) is 0. The number of nitrogens with zero attached hydrogens (tertiary/aromatic N) is 3. The van der Waals surface area contributed by atoms with Gasteiger partial charge in [-0.05, 0) is 56.6 Å². The Balaban J connectivity index is 1.02. The lowest BCUT2D eigenvalue weighted by Crippen LogP contribution is -2.28. The maximum atomic E-state index is 5.40.